The van der Waals surface area contributed by atoms with E-state index >= 15 is 0 Å². The summed E-state index contributed by atoms with van der Waals surface area (Å²) in [5.41, 5.74) is 4.46. The highest BCUT2D eigenvalue weighted by molar-refractivity contribution is 5.77. The lowest BCUT2D eigenvalue weighted by atomic mass is 10.1. The molecule has 0 atom stereocenters. The lowest BCUT2D eigenvalue weighted by Gasteiger charge is -2.17. The molecule has 0 saturated carbocycles. The number of benzene rings is 2. The zero-order valence-corrected chi connectivity index (χ0v) is 15.0. The van der Waals surface area contributed by atoms with Gasteiger partial charge in [-0.3, -0.25) is 4.79 Å². The van der Waals surface area contributed by atoms with E-state index in [1.165, 1.54) is 18.5 Å². The Kier molecular flexibility index (Phi) is 5.59. The van der Waals surface area contributed by atoms with Gasteiger partial charge in [0.25, 0.3) is 5.91 Å². The third-order valence-corrected chi connectivity index (χ3v) is 4.65. The average Bonchev–Trinajstić information content (AvgIpc) is 3.14. The lowest BCUT2D eigenvalue weighted by molar-refractivity contribution is -0.123. The van der Waals surface area contributed by atoms with Crippen LogP contribution in [0.5, 0.6) is 5.75 Å². The highest BCUT2D eigenvalue weighted by atomic mass is 16.5. The van der Waals surface area contributed by atoms with Crippen molar-refractivity contribution in [2.24, 2.45) is 0 Å². The fourth-order valence-electron chi connectivity index (χ4n) is 3.22. The normalized spacial score (nSPS) is 13.8. The first kappa shape index (κ1) is 17.3. The first-order valence-corrected chi connectivity index (χ1v) is 8.93. The fourth-order valence-corrected chi connectivity index (χ4v) is 3.22. The van der Waals surface area contributed by atoms with Crippen LogP contribution in [0.3, 0.4) is 0 Å². The molecule has 3 rings (SSSR count). The summed E-state index contributed by atoms with van der Waals surface area (Å²) < 4.78 is 5.69. The highest BCUT2D eigenvalue weighted by Crippen LogP contribution is 2.22. The number of rotatable bonds is 6. The van der Waals surface area contributed by atoms with E-state index in [1.807, 2.05) is 32.0 Å². The maximum atomic E-state index is 12.0. The molecule has 1 heterocycles. The molecule has 0 spiro atoms. The second-order valence-corrected chi connectivity index (χ2v) is 6.65. The van der Waals surface area contributed by atoms with Crippen LogP contribution in [0.1, 0.15) is 29.5 Å². The van der Waals surface area contributed by atoms with E-state index in [0.717, 1.165) is 35.5 Å². The Morgan fingerprint density at radius 3 is 2.32 bits per heavy atom. The van der Waals surface area contributed by atoms with Gasteiger partial charge in [0.05, 0.1) is 0 Å². The molecule has 4 heteroatoms. The minimum Gasteiger partial charge on any atom is -0.483 e. The van der Waals surface area contributed by atoms with Gasteiger partial charge in [0.15, 0.2) is 6.61 Å². The van der Waals surface area contributed by atoms with Crippen molar-refractivity contribution in [2.45, 2.75) is 33.2 Å². The van der Waals surface area contributed by atoms with Crippen molar-refractivity contribution in [1.29, 1.82) is 0 Å². The number of amides is 1. The summed E-state index contributed by atoms with van der Waals surface area (Å²) in [6.45, 7) is 6.83. The van der Waals surface area contributed by atoms with Crippen molar-refractivity contribution in [1.82, 2.24) is 5.32 Å². The van der Waals surface area contributed by atoms with Gasteiger partial charge in [0, 0.05) is 25.3 Å². The molecule has 0 aliphatic carbocycles. The van der Waals surface area contributed by atoms with Gasteiger partial charge in [-0.05, 0) is 55.5 Å². The molecule has 2 aromatic rings. The van der Waals surface area contributed by atoms with Crippen LogP contribution in [-0.2, 0) is 11.3 Å². The zero-order chi connectivity index (χ0) is 17.6. The second kappa shape index (κ2) is 8.06. The van der Waals surface area contributed by atoms with Crippen LogP contribution in [0.25, 0.3) is 0 Å². The Morgan fingerprint density at radius 2 is 1.68 bits per heavy atom. The molecule has 2 aromatic carbocycles. The molecular formula is C21H26N2O2. The van der Waals surface area contributed by atoms with Crippen LogP contribution < -0.4 is 15.0 Å². The molecule has 132 valence electrons. The molecule has 1 amide bonds. The van der Waals surface area contributed by atoms with Gasteiger partial charge < -0.3 is 15.0 Å². The second-order valence-electron chi connectivity index (χ2n) is 6.65. The van der Waals surface area contributed by atoms with Crippen molar-refractivity contribution in [3.63, 3.8) is 0 Å². The number of hydrogen-bond donors (Lipinski definition) is 1. The summed E-state index contributed by atoms with van der Waals surface area (Å²) in [6, 6.07) is 14.4. The molecule has 1 fully saturated rings. The van der Waals surface area contributed by atoms with Gasteiger partial charge in [-0.25, -0.2) is 0 Å². The van der Waals surface area contributed by atoms with Gasteiger partial charge >= 0.3 is 0 Å². The first-order valence-electron chi connectivity index (χ1n) is 8.93. The smallest absolute Gasteiger partial charge is 0.258 e. The monoisotopic (exact) mass is 338 g/mol. The largest absolute Gasteiger partial charge is 0.483 e. The van der Waals surface area contributed by atoms with Crippen LogP contribution in [0.4, 0.5) is 5.69 Å². The number of ether oxygens (including phenoxy) is 1. The fraction of sp³-hybridized carbons (Fsp3) is 0.381. The Morgan fingerprint density at radius 1 is 1.04 bits per heavy atom. The van der Waals surface area contributed by atoms with Crippen molar-refractivity contribution >= 4 is 11.6 Å². The van der Waals surface area contributed by atoms with Crippen molar-refractivity contribution in [2.75, 3.05) is 24.6 Å². The summed E-state index contributed by atoms with van der Waals surface area (Å²) in [7, 11) is 0. The molecule has 0 bridgehead atoms. The SMILES string of the molecule is Cc1cccc(C)c1OCC(=O)NCc1ccc(N2CCCC2)cc1. The number of hydrogen-bond acceptors (Lipinski definition) is 3. The number of para-hydroxylation sites is 1. The van der Waals surface area contributed by atoms with E-state index in [2.05, 4.69) is 34.5 Å². The zero-order valence-electron chi connectivity index (χ0n) is 15.0. The summed E-state index contributed by atoms with van der Waals surface area (Å²) in [6.07, 6.45) is 2.55. The molecule has 0 radical (unpaired) electrons. The Bertz CT molecular complexity index is 699. The third kappa shape index (κ3) is 4.53. The van der Waals surface area contributed by atoms with Crippen LogP contribution in [0.15, 0.2) is 42.5 Å². The van der Waals surface area contributed by atoms with Gasteiger partial charge in [-0.2, -0.15) is 0 Å². The molecule has 1 aliphatic heterocycles. The van der Waals surface area contributed by atoms with Gasteiger partial charge in [0.1, 0.15) is 5.75 Å². The number of carbonyl (C=O) groups is 1. The summed E-state index contributed by atoms with van der Waals surface area (Å²) in [5.74, 6) is 0.693. The quantitative estimate of drug-likeness (QED) is 0.875. The molecule has 0 aromatic heterocycles. The van der Waals surface area contributed by atoms with E-state index in [1.54, 1.807) is 0 Å². The van der Waals surface area contributed by atoms with Crippen LogP contribution >= 0.6 is 0 Å². The predicted molar refractivity (Wildman–Crippen MR) is 101 cm³/mol. The van der Waals surface area contributed by atoms with Crippen molar-refractivity contribution < 1.29 is 9.53 Å². The predicted octanol–water partition coefficient (Wildman–Crippen LogP) is 3.60. The first-order chi connectivity index (χ1) is 12.1. The number of nitrogens with one attached hydrogen (secondary N) is 1. The molecule has 1 saturated heterocycles. The number of nitrogens with zero attached hydrogens (tertiary/aromatic N) is 1. The molecule has 25 heavy (non-hydrogen) atoms. The van der Waals surface area contributed by atoms with Gasteiger partial charge in [-0.1, -0.05) is 30.3 Å². The molecule has 1 N–H and O–H groups in total. The van der Waals surface area contributed by atoms with Crippen molar-refractivity contribution in [3.8, 4) is 5.75 Å². The number of aryl methyl sites for hydroxylation is 2. The standard InChI is InChI=1S/C21H26N2O2/c1-16-6-5-7-17(2)21(16)25-15-20(24)22-14-18-8-10-19(11-9-18)23-12-3-4-13-23/h5-11H,3-4,12-15H2,1-2H3,(H,22,24). The number of carbonyl (C=O) groups excluding carboxylic acids is 1. The summed E-state index contributed by atoms with van der Waals surface area (Å²) in [4.78, 5) is 14.4. The Hall–Kier alpha value is -2.49. The van der Waals surface area contributed by atoms with Crippen LogP contribution in [-0.4, -0.2) is 25.6 Å². The number of anilines is 1. The highest BCUT2D eigenvalue weighted by Gasteiger charge is 2.12. The van der Waals surface area contributed by atoms with Gasteiger partial charge in [0.2, 0.25) is 0 Å². The topological polar surface area (TPSA) is 41.6 Å². The summed E-state index contributed by atoms with van der Waals surface area (Å²) >= 11 is 0. The minimum absolute atomic E-state index is 0.0392. The minimum atomic E-state index is -0.105. The average molecular weight is 338 g/mol. The van der Waals surface area contributed by atoms with E-state index in [0.29, 0.717) is 6.54 Å². The maximum absolute atomic E-state index is 12.0. The Labute approximate surface area is 149 Å². The maximum Gasteiger partial charge on any atom is 0.258 e. The molecular weight excluding hydrogens is 312 g/mol. The molecule has 1 aliphatic rings. The van der Waals surface area contributed by atoms with Crippen LogP contribution in [0, 0.1) is 13.8 Å². The van der Waals surface area contributed by atoms with E-state index in [4.69, 9.17) is 4.74 Å². The van der Waals surface area contributed by atoms with Gasteiger partial charge in [-0.15, -0.1) is 0 Å². The lowest BCUT2D eigenvalue weighted by Crippen LogP contribution is -2.28. The third-order valence-electron chi connectivity index (χ3n) is 4.65. The molecule has 4 nitrogen and oxygen atoms in total. The van der Waals surface area contributed by atoms with E-state index in [9.17, 15) is 4.79 Å². The molecule has 0 unspecified atom stereocenters. The van der Waals surface area contributed by atoms with Crippen molar-refractivity contribution in [3.05, 3.63) is 59.2 Å². The summed E-state index contributed by atoms with van der Waals surface area (Å²) in [5, 5.41) is 2.92. The van der Waals surface area contributed by atoms with E-state index < -0.39 is 0 Å². The van der Waals surface area contributed by atoms with E-state index in [-0.39, 0.29) is 12.5 Å². The van der Waals surface area contributed by atoms with Crippen LogP contribution in [0.2, 0.25) is 0 Å². The Balaban J connectivity index is 1.47.